The number of hydrogen-bond donors (Lipinski definition) is 0. The molecule has 2 heteroatoms. The van der Waals surface area contributed by atoms with Gasteiger partial charge >= 0.3 is 0 Å². The van der Waals surface area contributed by atoms with Crippen LogP contribution in [0.15, 0.2) is 12.5 Å². The van der Waals surface area contributed by atoms with Gasteiger partial charge in [0.2, 0.25) is 0 Å². The van der Waals surface area contributed by atoms with E-state index in [9.17, 15) is 0 Å². The van der Waals surface area contributed by atoms with Crippen LogP contribution >= 0.6 is 0 Å². The van der Waals surface area contributed by atoms with Crippen LogP contribution in [0.25, 0.3) is 0 Å². The molecule has 1 aromatic rings. The zero-order valence-corrected chi connectivity index (χ0v) is 8.95. The van der Waals surface area contributed by atoms with Crippen molar-refractivity contribution in [3.8, 4) is 0 Å². The quantitative estimate of drug-likeness (QED) is 0.635. The Balaban J connectivity index is 2.35. The van der Waals surface area contributed by atoms with Crippen LogP contribution < -0.4 is 0 Å². The molecule has 74 valence electrons. The predicted octanol–water partition coefficient (Wildman–Crippen LogP) is 3.33. The summed E-state index contributed by atoms with van der Waals surface area (Å²) in [5, 5.41) is 0. The Morgan fingerprint density at radius 3 is 2.77 bits per heavy atom. The fourth-order valence-electron chi connectivity index (χ4n) is 1.52. The Kier molecular flexibility index (Phi) is 4.00. The highest BCUT2D eigenvalue weighted by molar-refractivity contribution is 4.93. The van der Waals surface area contributed by atoms with Gasteiger partial charge in [-0.1, -0.05) is 26.2 Å². The molecule has 13 heavy (non-hydrogen) atoms. The van der Waals surface area contributed by atoms with Gasteiger partial charge < -0.3 is 4.57 Å². The number of rotatable bonds is 5. The number of aryl methyl sites for hydroxylation is 1. The first-order chi connectivity index (χ1) is 6.24. The predicted molar refractivity (Wildman–Crippen MR) is 55.8 cm³/mol. The highest BCUT2D eigenvalue weighted by Gasteiger charge is 2.03. The first-order valence-corrected chi connectivity index (χ1v) is 5.24. The van der Waals surface area contributed by atoms with E-state index in [1.54, 1.807) is 0 Å². The molecule has 1 heterocycles. The summed E-state index contributed by atoms with van der Waals surface area (Å²) in [6.07, 6.45) is 9.30. The van der Waals surface area contributed by atoms with Gasteiger partial charge in [-0.05, 0) is 20.3 Å². The third kappa shape index (κ3) is 3.21. The molecule has 1 aromatic heterocycles. The Morgan fingerprint density at radius 2 is 2.23 bits per heavy atom. The average Bonchev–Trinajstić information content (AvgIpc) is 2.52. The van der Waals surface area contributed by atoms with Crippen LogP contribution in [0.3, 0.4) is 0 Å². The van der Waals surface area contributed by atoms with Crippen LogP contribution in [-0.2, 0) is 0 Å². The third-order valence-corrected chi connectivity index (χ3v) is 2.47. The van der Waals surface area contributed by atoms with E-state index in [0.717, 1.165) is 5.69 Å². The molecule has 0 amide bonds. The lowest BCUT2D eigenvalue weighted by Gasteiger charge is -2.11. The number of hydrogen-bond acceptors (Lipinski definition) is 1. The van der Waals surface area contributed by atoms with Crippen molar-refractivity contribution in [1.29, 1.82) is 0 Å². The molecule has 0 aliphatic heterocycles. The number of aromatic nitrogens is 2. The summed E-state index contributed by atoms with van der Waals surface area (Å²) in [5.41, 5.74) is 1.11. The minimum atomic E-state index is 0.604. The summed E-state index contributed by atoms with van der Waals surface area (Å²) < 4.78 is 2.21. The molecular formula is C11H20N2. The van der Waals surface area contributed by atoms with E-state index in [0.29, 0.717) is 6.04 Å². The monoisotopic (exact) mass is 180 g/mol. The lowest BCUT2D eigenvalue weighted by atomic mass is 10.1. The van der Waals surface area contributed by atoms with Gasteiger partial charge in [0.25, 0.3) is 0 Å². The van der Waals surface area contributed by atoms with Gasteiger partial charge in [0.1, 0.15) is 0 Å². The van der Waals surface area contributed by atoms with E-state index in [4.69, 9.17) is 0 Å². The van der Waals surface area contributed by atoms with Crippen molar-refractivity contribution in [3.63, 3.8) is 0 Å². The molecule has 0 N–H and O–H groups in total. The third-order valence-electron chi connectivity index (χ3n) is 2.47. The van der Waals surface area contributed by atoms with Crippen LogP contribution in [0.1, 0.15) is 51.3 Å². The molecule has 0 spiro atoms. The average molecular weight is 180 g/mol. The Labute approximate surface area is 81.0 Å². The van der Waals surface area contributed by atoms with Gasteiger partial charge in [-0.15, -0.1) is 0 Å². The Morgan fingerprint density at radius 1 is 1.46 bits per heavy atom. The molecule has 2 nitrogen and oxygen atoms in total. The zero-order valence-electron chi connectivity index (χ0n) is 8.95. The van der Waals surface area contributed by atoms with Gasteiger partial charge in [-0.3, -0.25) is 0 Å². The van der Waals surface area contributed by atoms with Gasteiger partial charge in [-0.2, -0.15) is 0 Å². The minimum absolute atomic E-state index is 0.604. The van der Waals surface area contributed by atoms with E-state index in [1.807, 2.05) is 13.3 Å². The lowest BCUT2D eigenvalue weighted by molar-refractivity contribution is 0.476. The summed E-state index contributed by atoms with van der Waals surface area (Å²) in [6, 6.07) is 0.604. The standard InChI is InChI=1S/C11H20N2/c1-4-5-6-7-11(3)13-8-10(2)12-9-13/h8-9,11H,4-7H2,1-3H3. The SMILES string of the molecule is CCCCCC(C)n1cnc(C)c1. The molecular weight excluding hydrogens is 160 g/mol. The second-order valence-electron chi connectivity index (χ2n) is 3.81. The maximum absolute atomic E-state index is 4.23. The number of nitrogens with zero attached hydrogens (tertiary/aromatic N) is 2. The smallest absolute Gasteiger partial charge is 0.0951 e. The highest BCUT2D eigenvalue weighted by Crippen LogP contribution is 2.15. The van der Waals surface area contributed by atoms with Crippen LogP contribution in [0.2, 0.25) is 0 Å². The summed E-state index contributed by atoms with van der Waals surface area (Å²) in [5.74, 6) is 0. The summed E-state index contributed by atoms with van der Waals surface area (Å²) in [7, 11) is 0. The molecule has 1 rings (SSSR count). The molecule has 0 aliphatic rings. The second kappa shape index (κ2) is 5.05. The van der Waals surface area contributed by atoms with Crippen molar-refractivity contribution in [1.82, 2.24) is 9.55 Å². The van der Waals surface area contributed by atoms with E-state index in [-0.39, 0.29) is 0 Å². The van der Waals surface area contributed by atoms with E-state index >= 15 is 0 Å². The molecule has 0 aromatic carbocycles. The summed E-state index contributed by atoms with van der Waals surface area (Å²) >= 11 is 0. The molecule has 1 atom stereocenters. The Bertz CT molecular complexity index is 240. The van der Waals surface area contributed by atoms with Crippen molar-refractivity contribution >= 4 is 0 Å². The highest BCUT2D eigenvalue weighted by atomic mass is 15.1. The van der Waals surface area contributed by atoms with Crippen molar-refractivity contribution in [2.24, 2.45) is 0 Å². The summed E-state index contributed by atoms with van der Waals surface area (Å²) in [6.45, 7) is 6.54. The zero-order chi connectivity index (χ0) is 9.68. The maximum Gasteiger partial charge on any atom is 0.0951 e. The fourth-order valence-corrected chi connectivity index (χ4v) is 1.52. The van der Waals surface area contributed by atoms with Gasteiger partial charge in [0.05, 0.1) is 12.0 Å². The van der Waals surface area contributed by atoms with Crippen molar-refractivity contribution in [2.45, 2.75) is 52.5 Å². The van der Waals surface area contributed by atoms with Crippen LogP contribution in [0, 0.1) is 6.92 Å². The van der Waals surface area contributed by atoms with Gasteiger partial charge in [0, 0.05) is 12.2 Å². The van der Waals surface area contributed by atoms with Crippen LogP contribution in [-0.4, -0.2) is 9.55 Å². The first kappa shape index (κ1) is 10.3. The molecule has 0 radical (unpaired) electrons. The molecule has 1 unspecified atom stereocenters. The fraction of sp³-hybridized carbons (Fsp3) is 0.727. The lowest BCUT2D eigenvalue weighted by Crippen LogP contribution is -2.01. The topological polar surface area (TPSA) is 17.8 Å². The van der Waals surface area contributed by atoms with Gasteiger partial charge in [-0.25, -0.2) is 4.98 Å². The van der Waals surface area contributed by atoms with E-state index < -0.39 is 0 Å². The number of unbranched alkanes of at least 4 members (excludes halogenated alkanes) is 2. The molecule has 0 fully saturated rings. The first-order valence-electron chi connectivity index (χ1n) is 5.24. The molecule has 0 bridgehead atoms. The van der Waals surface area contributed by atoms with Gasteiger partial charge in [0.15, 0.2) is 0 Å². The minimum Gasteiger partial charge on any atom is -0.334 e. The van der Waals surface area contributed by atoms with Crippen molar-refractivity contribution < 1.29 is 0 Å². The van der Waals surface area contributed by atoms with Crippen LogP contribution in [0.5, 0.6) is 0 Å². The molecule has 0 aliphatic carbocycles. The number of imidazole rings is 1. The van der Waals surface area contributed by atoms with E-state index in [1.165, 1.54) is 25.7 Å². The largest absolute Gasteiger partial charge is 0.334 e. The summed E-state index contributed by atoms with van der Waals surface area (Å²) in [4.78, 5) is 4.23. The normalized spacial score (nSPS) is 13.2. The Hall–Kier alpha value is -0.790. The molecule has 0 saturated carbocycles. The van der Waals surface area contributed by atoms with Crippen molar-refractivity contribution in [3.05, 3.63) is 18.2 Å². The maximum atomic E-state index is 4.23. The molecule has 0 saturated heterocycles. The van der Waals surface area contributed by atoms with Crippen LogP contribution in [0.4, 0.5) is 0 Å². The van der Waals surface area contributed by atoms with E-state index in [2.05, 4.69) is 29.6 Å². The van der Waals surface area contributed by atoms with Crippen molar-refractivity contribution in [2.75, 3.05) is 0 Å². The second-order valence-corrected chi connectivity index (χ2v) is 3.81.